The fourth-order valence-electron chi connectivity index (χ4n) is 1.71. The van der Waals surface area contributed by atoms with Gasteiger partial charge in [-0.25, -0.2) is 4.98 Å². The molecule has 22 heavy (non-hydrogen) atoms. The molecule has 0 unspecified atom stereocenters. The molecule has 1 rings (SSSR count). The maximum absolute atomic E-state index is 12.4. The van der Waals surface area contributed by atoms with Crippen LogP contribution in [0.3, 0.4) is 0 Å². The van der Waals surface area contributed by atoms with E-state index in [0.29, 0.717) is 17.0 Å². The highest BCUT2D eigenvalue weighted by Gasteiger charge is 2.17. The fourth-order valence-corrected chi connectivity index (χ4v) is 1.87. The predicted molar refractivity (Wildman–Crippen MR) is 83.9 cm³/mol. The van der Waals surface area contributed by atoms with Gasteiger partial charge in [0.2, 0.25) is 0 Å². The molecule has 0 fully saturated rings. The normalized spacial score (nSPS) is 11.0. The molecular weight excluding hydrogens is 302 g/mol. The number of hydrogen-bond acceptors (Lipinski definition) is 4. The Hall–Kier alpha value is -2.71. The lowest BCUT2D eigenvalue weighted by Crippen LogP contribution is -2.28. The molecule has 0 aliphatic carbocycles. The lowest BCUT2D eigenvalue weighted by atomic mass is 10.1. The Balaban J connectivity index is 3.10. The van der Waals surface area contributed by atoms with Gasteiger partial charge in [-0.2, -0.15) is 5.26 Å². The number of carbonyl (C=O) groups is 2. The fraction of sp³-hybridized carbons (Fsp3) is 0.125. The first kappa shape index (κ1) is 17.3. The van der Waals surface area contributed by atoms with Crippen molar-refractivity contribution in [2.24, 2.45) is 0 Å². The molecule has 1 aromatic rings. The van der Waals surface area contributed by atoms with Crippen LogP contribution in [0.2, 0.25) is 5.02 Å². The standard InChI is InChI=1S/C16H14ClN3O2/c1-4-11(10-21)13(5-2)16(22)20(3)9-15-14(17)7-6-12(8-18)19-15/h4-7,10H,1-2,9H2,3H3/b13-11-. The van der Waals surface area contributed by atoms with Gasteiger partial charge >= 0.3 is 0 Å². The van der Waals surface area contributed by atoms with Crippen molar-refractivity contribution in [2.45, 2.75) is 6.54 Å². The number of pyridine rings is 1. The Labute approximate surface area is 133 Å². The zero-order chi connectivity index (χ0) is 16.7. The first-order valence-corrected chi connectivity index (χ1v) is 6.61. The van der Waals surface area contributed by atoms with Crippen LogP contribution >= 0.6 is 11.6 Å². The van der Waals surface area contributed by atoms with E-state index in [0.717, 1.165) is 0 Å². The first-order chi connectivity index (χ1) is 10.5. The SMILES string of the molecule is C=C/C(C=O)=C(\C=C)C(=O)N(C)Cc1nc(C#N)ccc1Cl. The smallest absolute Gasteiger partial charge is 0.254 e. The van der Waals surface area contributed by atoms with E-state index >= 15 is 0 Å². The highest BCUT2D eigenvalue weighted by atomic mass is 35.5. The van der Waals surface area contributed by atoms with Gasteiger partial charge in [0.15, 0.2) is 6.29 Å². The largest absolute Gasteiger partial charge is 0.336 e. The van der Waals surface area contributed by atoms with Gasteiger partial charge in [-0.15, -0.1) is 0 Å². The van der Waals surface area contributed by atoms with E-state index in [-0.39, 0.29) is 23.4 Å². The third-order valence-electron chi connectivity index (χ3n) is 2.86. The van der Waals surface area contributed by atoms with Gasteiger partial charge in [0.25, 0.3) is 5.91 Å². The van der Waals surface area contributed by atoms with E-state index < -0.39 is 5.91 Å². The van der Waals surface area contributed by atoms with Gasteiger partial charge in [-0.1, -0.05) is 36.9 Å². The van der Waals surface area contributed by atoms with Crippen LogP contribution in [0.25, 0.3) is 0 Å². The average molecular weight is 316 g/mol. The molecule has 0 atom stereocenters. The molecule has 1 aromatic heterocycles. The Bertz CT molecular complexity index is 692. The van der Waals surface area contributed by atoms with Crippen molar-refractivity contribution in [2.75, 3.05) is 7.05 Å². The van der Waals surface area contributed by atoms with Crippen molar-refractivity contribution in [1.29, 1.82) is 5.26 Å². The van der Waals surface area contributed by atoms with Crippen molar-refractivity contribution in [3.05, 3.63) is 65.0 Å². The number of carbonyl (C=O) groups excluding carboxylic acids is 2. The van der Waals surface area contributed by atoms with Crippen LogP contribution in [0.15, 0.2) is 48.6 Å². The first-order valence-electron chi connectivity index (χ1n) is 6.23. The zero-order valence-corrected chi connectivity index (χ0v) is 12.8. The minimum absolute atomic E-state index is 0.0911. The number of allylic oxidation sites excluding steroid dienone is 2. The number of nitriles is 1. The molecule has 1 amide bonds. The van der Waals surface area contributed by atoms with Crippen LogP contribution in [0.1, 0.15) is 11.4 Å². The van der Waals surface area contributed by atoms with Gasteiger partial charge in [0.05, 0.1) is 17.3 Å². The number of aromatic nitrogens is 1. The lowest BCUT2D eigenvalue weighted by molar-refractivity contribution is -0.126. The molecule has 5 nitrogen and oxygen atoms in total. The molecule has 0 saturated heterocycles. The van der Waals surface area contributed by atoms with E-state index in [1.807, 2.05) is 6.07 Å². The van der Waals surface area contributed by atoms with Crippen LogP contribution in [0.5, 0.6) is 0 Å². The second-order valence-corrected chi connectivity index (χ2v) is 4.70. The number of hydrogen-bond donors (Lipinski definition) is 0. The second-order valence-electron chi connectivity index (χ2n) is 4.29. The van der Waals surface area contributed by atoms with E-state index in [1.165, 1.54) is 30.2 Å². The average Bonchev–Trinajstić information content (AvgIpc) is 2.53. The Morgan fingerprint density at radius 2 is 2.14 bits per heavy atom. The van der Waals surface area contributed by atoms with Gasteiger partial charge in [0.1, 0.15) is 11.8 Å². The minimum Gasteiger partial charge on any atom is -0.336 e. The zero-order valence-electron chi connectivity index (χ0n) is 12.0. The topological polar surface area (TPSA) is 74.1 Å². The van der Waals surface area contributed by atoms with Crippen molar-refractivity contribution < 1.29 is 9.59 Å². The van der Waals surface area contributed by atoms with Crippen LogP contribution in [-0.2, 0) is 16.1 Å². The number of amides is 1. The van der Waals surface area contributed by atoms with Crippen LogP contribution < -0.4 is 0 Å². The van der Waals surface area contributed by atoms with E-state index in [9.17, 15) is 9.59 Å². The van der Waals surface area contributed by atoms with Gasteiger partial charge in [0, 0.05) is 18.2 Å². The van der Waals surface area contributed by atoms with Crippen LogP contribution in [0.4, 0.5) is 0 Å². The van der Waals surface area contributed by atoms with Crippen molar-refractivity contribution >= 4 is 23.8 Å². The van der Waals surface area contributed by atoms with Crippen LogP contribution in [-0.4, -0.2) is 29.1 Å². The summed E-state index contributed by atoms with van der Waals surface area (Å²) in [6, 6.07) is 4.95. The monoisotopic (exact) mass is 315 g/mol. The summed E-state index contributed by atoms with van der Waals surface area (Å²) in [5, 5.41) is 9.20. The van der Waals surface area contributed by atoms with Gasteiger partial charge < -0.3 is 4.90 Å². The van der Waals surface area contributed by atoms with Crippen molar-refractivity contribution in [3.8, 4) is 6.07 Å². The highest BCUT2D eigenvalue weighted by molar-refractivity contribution is 6.31. The van der Waals surface area contributed by atoms with Gasteiger partial charge in [-0.3, -0.25) is 9.59 Å². The predicted octanol–water partition coefficient (Wildman–Crippen LogP) is 2.43. The van der Waals surface area contributed by atoms with E-state index in [1.54, 1.807) is 6.07 Å². The molecule has 1 heterocycles. The Morgan fingerprint density at radius 3 is 2.64 bits per heavy atom. The summed E-state index contributed by atoms with van der Waals surface area (Å²) in [7, 11) is 1.54. The van der Waals surface area contributed by atoms with Gasteiger partial charge in [-0.05, 0) is 12.1 Å². The summed E-state index contributed by atoms with van der Waals surface area (Å²) in [6.07, 6.45) is 3.12. The molecular formula is C16H14ClN3O2. The summed E-state index contributed by atoms with van der Waals surface area (Å²) in [5.41, 5.74) is 0.891. The third-order valence-corrected chi connectivity index (χ3v) is 3.20. The maximum Gasteiger partial charge on any atom is 0.254 e. The number of aldehydes is 1. The summed E-state index contributed by atoms with van der Waals surface area (Å²) in [5.74, 6) is -0.419. The maximum atomic E-state index is 12.4. The molecule has 0 spiro atoms. The molecule has 0 aromatic carbocycles. The minimum atomic E-state index is -0.419. The van der Waals surface area contributed by atoms with E-state index in [2.05, 4.69) is 18.1 Å². The summed E-state index contributed by atoms with van der Waals surface area (Å²) in [4.78, 5) is 28.7. The molecule has 0 N–H and O–H groups in total. The lowest BCUT2D eigenvalue weighted by Gasteiger charge is -2.18. The highest BCUT2D eigenvalue weighted by Crippen LogP contribution is 2.17. The number of nitrogens with zero attached hydrogens (tertiary/aromatic N) is 3. The van der Waals surface area contributed by atoms with Crippen molar-refractivity contribution in [3.63, 3.8) is 0 Å². The summed E-state index contributed by atoms with van der Waals surface area (Å²) in [6.45, 7) is 7.11. The summed E-state index contributed by atoms with van der Waals surface area (Å²) >= 11 is 6.02. The van der Waals surface area contributed by atoms with Crippen molar-refractivity contribution in [1.82, 2.24) is 9.88 Å². The molecule has 0 saturated carbocycles. The number of halogens is 1. The number of rotatable bonds is 6. The molecule has 6 heteroatoms. The number of likely N-dealkylation sites (N-methyl/N-ethyl adjacent to an activating group) is 1. The second kappa shape index (κ2) is 7.91. The van der Waals surface area contributed by atoms with Crippen LogP contribution in [0, 0.1) is 11.3 Å². The Morgan fingerprint density at radius 1 is 1.45 bits per heavy atom. The third kappa shape index (κ3) is 3.90. The molecule has 0 aliphatic heterocycles. The molecule has 0 aliphatic rings. The van der Waals surface area contributed by atoms with E-state index in [4.69, 9.17) is 16.9 Å². The molecule has 0 bridgehead atoms. The molecule has 112 valence electrons. The molecule has 0 radical (unpaired) electrons. The Kier molecular flexibility index (Phi) is 6.24. The summed E-state index contributed by atoms with van der Waals surface area (Å²) < 4.78 is 0. The quantitative estimate of drug-likeness (QED) is 0.459.